The van der Waals surface area contributed by atoms with Crippen LogP contribution in [0, 0.1) is 6.92 Å². The van der Waals surface area contributed by atoms with E-state index in [1.807, 2.05) is 42.7 Å². The minimum Gasteiger partial charge on any atom is -0.352 e. The summed E-state index contributed by atoms with van der Waals surface area (Å²) in [5.74, 6) is 0.608. The Bertz CT molecular complexity index is 1100. The van der Waals surface area contributed by atoms with Gasteiger partial charge in [-0.15, -0.1) is 10.2 Å². The van der Waals surface area contributed by atoms with Gasteiger partial charge in [-0.05, 0) is 44.2 Å². The lowest BCUT2D eigenvalue weighted by atomic mass is 10.2. The number of halogens is 2. The summed E-state index contributed by atoms with van der Waals surface area (Å²) < 4.78 is 1.94. The molecule has 10 heteroatoms. The lowest BCUT2D eigenvalue weighted by Crippen LogP contribution is -2.26. The second-order valence-electron chi connectivity index (χ2n) is 6.98. The highest BCUT2D eigenvalue weighted by Gasteiger charge is 2.14. The van der Waals surface area contributed by atoms with Gasteiger partial charge in [0.1, 0.15) is 5.82 Å². The van der Waals surface area contributed by atoms with Crippen LogP contribution in [0.25, 0.3) is 0 Å². The summed E-state index contributed by atoms with van der Waals surface area (Å²) in [6.45, 7) is 5.02. The molecule has 3 aromatic rings. The summed E-state index contributed by atoms with van der Waals surface area (Å²) in [6, 6.07) is 12.4. The predicted molar refractivity (Wildman–Crippen MR) is 129 cm³/mol. The summed E-state index contributed by atoms with van der Waals surface area (Å²) >= 11 is 13.2. The number of amides is 2. The van der Waals surface area contributed by atoms with Crippen LogP contribution in [-0.4, -0.2) is 38.9 Å². The topological polar surface area (TPSA) is 88.9 Å². The van der Waals surface area contributed by atoms with E-state index >= 15 is 0 Å². The number of nitrogens with zero attached hydrogens (tertiary/aromatic N) is 3. The molecule has 0 atom stereocenters. The Kier molecular flexibility index (Phi) is 8.55. The van der Waals surface area contributed by atoms with Crippen LogP contribution in [0.4, 0.5) is 5.69 Å². The van der Waals surface area contributed by atoms with Gasteiger partial charge in [-0.25, -0.2) is 0 Å². The average Bonchev–Trinajstić information content (AvgIpc) is 3.17. The quantitative estimate of drug-likeness (QED) is 0.426. The maximum absolute atomic E-state index is 12.3. The SMILES string of the molecule is CCn1c(CCNC(=O)c2ccc(Cl)c(Cl)c2)nnc1SCC(=O)Nc1ccc(C)cc1. The molecular weight excluding hydrogens is 469 g/mol. The van der Waals surface area contributed by atoms with E-state index in [-0.39, 0.29) is 17.6 Å². The molecule has 0 spiro atoms. The lowest BCUT2D eigenvalue weighted by molar-refractivity contribution is -0.113. The van der Waals surface area contributed by atoms with Gasteiger partial charge in [0.25, 0.3) is 5.91 Å². The molecule has 0 saturated heterocycles. The Hall–Kier alpha value is -2.55. The Labute approximate surface area is 200 Å². The molecule has 0 aliphatic heterocycles. The van der Waals surface area contributed by atoms with Crippen LogP contribution in [0.3, 0.4) is 0 Å². The first kappa shape index (κ1) is 24.1. The molecule has 0 radical (unpaired) electrons. The number of anilines is 1. The minimum absolute atomic E-state index is 0.111. The van der Waals surface area contributed by atoms with E-state index in [0.29, 0.717) is 40.3 Å². The Morgan fingerprint density at radius 3 is 2.50 bits per heavy atom. The number of aryl methyl sites for hydroxylation is 1. The molecule has 1 aromatic heterocycles. The van der Waals surface area contributed by atoms with Crippen LogP contribution in [0.2, 0.25) is 10.0 Å². The number of aromatic nitrogens is 3. The van der Waals surface area contributed by atoms with E-state index in [1.165, 1.54) is 17.8 Å². The number of thioether (sulfide) groups is 1. The van der Waals surface area contributed by atoms with Crippen molar-refractivity contribution in [3.05, 3.63) is 69.5 Å². The summed E-state index contributed by atoms with van der Waals surface area (Å²) in [5.41, 5.74) is 2.33. The van der Waals surface area contributed by atoms with Gasteiger partial charge >= 0.3 is 0 Å². The van der Waals surface area contributed by atoms with Crippen molar-refractivity contribution >= 4 is 52.5 Å². The molecule has 0 saturated carbocycles. The van der Waals surface area contributed by atoms with Gasteiger partial charge in [-0.1, -0.05) is 52.7 Å². The van der Waals surface area contributed by atoms with Crippen LogP contribution in [-0.2, 0) is 17.8 Å². The first-order valence-corrected chi connectivity index (χ1v) is 11.8. The van der Waals surface area contributed by atoms with Gasteiger partial charge in [-0.2, -0.15) is 0 Å². The van der Waals surface area contributed by atoms with Gasteiger partial charge in [0.05, 0.1) is 15.8 Å². The van der Waals surface area contributed by atoms with Crippen molar-refractivity contribution in [3.8, 4) is 0 Å². The van der Waals surface area contributed by atoms with Gasteiger partial charge < -0.3 is 15.2 Å². The zero-order chi connectivity index (χ0) is 23.1. The number of hydrogen-bond donors (Lipinski definition) is 2. The van der Waals surface area contributed by atoms with Crippen LogP contribution in [0.1, 0.15) is 28.7 Å². The molecule has 0 bridgehead atoms. The molecule has 0 fully saturated rings. The monoisotopic (exact) mass is 491 g/mol. The summed E-state index contributed by atoms with van der Waals surface area (Å²) in [4.78, 5) is 24.5. The molecule has 2 N–H and O–H groups in total. The number of nitrogens with one attached hydrogen (secondary N) is 2. The van der Waals surface area contributed by atoms with Crippen molar-refractivity contribution < 1.29 is 9.59 Å². The van der Waals surface area contributed by atoms with Gasteiger partial charge in [0, 0.05) is 30.8 Å². The molecule has 0 aliphatic rings. The van der Waals surface area contributed by atoms with E-state index in [4.69, 9.17) is 23.2 Å². The third-order valence-corrected chi connectivity index (χ3v) is 6.30. The van der Waals surface area contributed by atoms with E-state index in [0.717, 1.165) is 17.1 Å². The van der Waals surface area contributed by atoms with Crippen LogP contribution < -0.4 is 10.6 Å². The summed E-state index contributed by atoms with van der Waals surface area (Å²) in [7, 11) is 0. The van der Waals surface area contributed by atoms with E-state index < -0.39 is 0 Å². The minimum atomic E-state index is -0.242. The first-order valence-electron chi connectivity index (χ1n) is 10.0. The number of carbonyl (C=O) groups is 2. The van der Waals surface area contributed by atoms with E-state index in [1.54, 1.807) is 12.1 Å². The standard InChI is InChI=1S/C22H23Cl2N5O2S/c1-3-29-19(10-11-25-21(31)15-6-9-17(23)18(24)12-15)27-28-22(29)32-13-20(30)26-16-7-4-14(2)5-8-16/h4-9,12H,3,10-11,13H2,1-2H3,(H,25,31)(H,26,30). The van der Waals surface area contributed by atoms with Crippen molar-refractivity contribution in [3.63, 3.8) is 0 Å². The predicted octanol–water partition coefficient (Wildman–Crippen LogP) is 4.62. The molecule has 3 rings (SSSR count). The summed E-state index contributed by atoms with van der Waals surface area (Å²) in [5, 5.41) is 15.5. The highest BCUT2D eigenvalue weighted by molar-refractivity contribution is 7.99. The Balaban J connectivity index is 1.51. The number of benzene rings is 2. The maximum Gasteiger partial charge on any atom is 0.251 e. The molecule has 2 amide bonds. The fraction of sp³-hybridized carbons (Fsp3) is 0.273. The van der Waals surface area contributed by atoms with Gasteiger partial charge in [-0.3, -0.25) is 9.59 Å². The van der Waals surface area contributed by atoms with Crippen LogP contribution in [0.5, 0.6) is 0 Å². The van der Waals surface area contributed by atoms with Crippen molar-refractivity contribution in [2.75, 3.05) is 17.6 Å². The van der Waals surface area contributed by atoms with Crippen molar-refractivity contribution in [1.29, 1.82) is 0 Å². The molecule has 32 heavy (non-hydrogen) atoms. The fourth-order valence-corrected chi connectivity index (χ4v) is 4.04. The van der Waals surface area contributed by atoms with Crippen LogP contribution >= 0.6 is 35.0 Å². The van der Waals surface area contributed by atoms with E-state index in [2.05, 4.69) is 20.8 Å². The van der Waals surface area contributed by atoms with Gasteiger partial charge in [0.2, 0.25) is 5.91 Å². The smallest absolute Gasteiger partial charge is 0.251 e. The number of carbonyl (C=O) groups excluding carboxylic acids is 2. The molecule has 168 valence electrons. The summed E-state index contributed by atoms with van der Waals surface area (Å²) in [6.07, 6.45) is 0.504. The molecular formula is C22H23Cl2N5O2S. The average molecular weight is 492 g/mol. The van der Waals surface area contributed by atoms with Crippen LogP contribution in [0.15, 0.2) is 47.6 Å². The molecule has 0 unspecified atom stereocenters. The van der Waals surface area contributed by atoms with Crippen molar-refractivity contribution in [2.45, 2.75) is 32.0 Å². The van der Waals surface area contributed by atoms with Crippen molar-refractivity contribution in [2.24, 2.45) is 0 Å². The lowest BCUT2D eigenvalue weighted by Gasteiger charge is -2.09. The largest absolute Gasteiger partial charge is 0.352 e. The maximum atomic E-state index is 12.3. The van der Waals surface area contributed by atoms with Crippen molar-refractivity contribution in [1.82, 2.24) is 20.1 Å². The second-order valence-corrected chi connectivity index (χ2v) is 8.74. The van der Waals surface area contributed by atoms with Gasteiger partial charge in [0.15, 0.2) is 5.16 Å². The molecule has 7 nitrogen and oxygen atoms in total. The number of hydrogen-bond acceptors (Lipinski definition) is 5. The molecule has 0 aliphatic carbocycles. The number of rotatable bonds is 9. The van der Waals surface area contributed by atoms with E-state index in [9.17, 15) is 9.59 Å². The zero-order valence-electron chi connectivity index (χ0n) is 17.7. The highest BCUT2D eigenvalue weighted by atomic mass is 35.5. The Morgan fingerprint density at radius 1 is 1.06 bits per heavy atom. The zero-order valence-corrected chi connectivity index (χ0v) is 20.0. The highest BCUT2D eigenvalue weighted by Crippen LogP contribution is 2.22. The molecule has 1 heterocycles. The second kappa shape index (κ2) is 11.4. The normalized spacial score (nSPS) is 10.8. The third kappa shape index (κ3) is 6.48. The third-order valence-electron chi connectivity index (χ3n) is 4.59. The fourth-order valence-electron chi connectivity index (χ4n) is 2.92. The first-order chi connectivity index (χ1) is 15.4. The molecule has 2 aromatic carbocycles. The Morgan fingerprint density at radius 2 is 1.81 bits per heavy atom.